The molecule has 0 radical (unpaired) electrons. The summed E-state index contributed by atoms with van der Waals surface area (Å²) in [7, 11) is 0. The maximum Gasteiger partial charge on any atom is 0.410 e. The van der Waals surface area contributed by atoms with E-state index in [1.54, 1.807) is 4.90 Å². The first-order valence-electron chi connectivity index (χ1n) is 9.97. The van der Waals surface area contributed by atoms with Gasteiger partial charge in [0.05, 0.1) is 30.9 Å². The lowest BCUT2D eigenvalue weighted by Gasteiger charge is -2.51. The molecule has 6 heteroatoms. The molecule has 6 nitrogen and oxygen atoms in total. The second kappa shape index (κ2) is 7.23. The molecular weight excluding hydrogens is 358 g/mol. The van der Waals surface area contributed by atoms with Crippen molar-refractivity contribution in [3.05, 3.63) is 29.8 Å². The number of rotatable bonds is 2. The van der Waals surface area contributed by atoms with Gasteiger partial charge in [0.2, 0.25) is 0 Å². The maximum absolute atomic E-state index is 12.7. The quantitative estimate of drug-likeness (QED) is 0.829. The van der Waals surface area contributed by atoms with Crippen LogP contribution in [0.2, 0.25) is 0 Å². The van der Waals surface area contributed by atoms with E-state index in [0.717, 1.165) is 11.3 Å². The Labute approximate surface area is 167 Å². The lowest BCUT2D eigenvalue weighted by molar-refractivity contribution is -0.141. The number of morpholine rings is 1. The molecule has 28 heavy (non-hydrogen) atoms. The number of hydrogen-bond donors (Lipinski definition) is 1. The predicted molar refractivity (Wildman–Crippen MR) is 106 cm³/mol. The highest BCUT2D eigenvalue weighted by molar-refractivity contribution is 5.69. The van der Waals surface area contributed by atoms with Crippen molar-refractivity contribution in [3.63, 3.8) is 0 Å². The standard InChI is InChI=1S/C22H33NO5/c1-20(2,3)27-18-9-7-15(8-10-18)22(25)11-16-13-26-14-17(12-22)23(16)19(24)28-21(4,5)6/h7-10,16-17,25H,11-14H2,1-6H3. The molecule has 3 rings (SSSR count). The van der Waals surface area contributed by atoms with E-state index in [4.69, 9.17) is 14.2 Å². The average Bonchev–Trinajstić information content (AvgIpc) is 2.51. The number of amides is 1. The Kier molecular flexibility index (Phi) is 5.40. The molecule has 0 spiro atoms. The van der Waals surface area contributed by atoms with Crippen LogP contribution < -0.4 is 4.74 Å². The molecule has 2 heterocycles. The molecule has 0 saturated carbocycles. The Bertz CT molecular complexity index is 687. The molecule has 2 unspecified atom stereocenters. The number of ether oxygens (including phenoxy) is 3. The molecule has 0 aromatic heterocycles. The second-order valence-electron chi connectivity index (χ2n) is 9.91. The highest BCUT2D eigenvalue weighted by Gasteiger charge is 2.49. The summed E-state index contributed by atoms with van der Waals surface area (Å²) >= 11 is 0. The summed E-state index contributed by atoms with van der Waals surface area (Å²) in [6.07, 6.45) is 0.506. The van der Waals surface area contributed by atoms with Crippen LogP contribution in [0.5, 0.6) is 5.75 Å². The Morgan fingerprint density at radius 2 is 1.57 bits per heavy atom. The monoisotopic (exact) mass is 391 g/mol. The first kappa shape index (κ1) is 20.9. The van der Waals surface area contributed by atoms with Crippen LogP contribution in [0, 0.1) is 0 Å². The summed E-state index contributed by atoms with van der Waals surface area (Å²) in [6.45, 7) is 12.4. The Morgan fingerprint density at radius 1 is 1.04 bits per heavy atom. The summed E-state index contributed by atoms with van der Waals surface area (Å²) in [4.78, 5) is 14.5. The van der Waals surface area contributed by atoms with Crippen molar-refractivity contribution < 1.29 is 24.1 Å². The molecule has 2 atom stereocenters. The fourth-order valence-electron chi connectivity index (χ4n) is 4.01. The molecule has 156 valence electrons. The maximum atomic E-state index is 12.7. The first-order chi connectivity index (χ1) is 12.9. The van der Waals surface area contributed by atoms with Gasteiger partial charge in [0.25, 0.3) is 0 Å². The van der Waals surface area contributed by atoms with E-state index in [1.807, 2.05) is 65.8 Å². The number of carbonyl (C=O) groups is 1. The summed E-state index contributed by atoms with van der Waals surface area (Å²) < 4.78 is 17.1. The van der Waals surface area contributed by atoms with Gasteiger partial charge in [-0.1, -0.05) is 12.1 Å². The van der Waals surface area contributed by atoms with Crippen molar-refractivity contribution in [1.29, 1.82) is 0 Å². The van der Waals surface area contributed by atoms with Gasteiger partial charge in [0.15, 0.2) is 0 Å². The predicted octanol–water partition coefficient (Wildman–Crippen LogP) is 3.85. The van der Waals surface area contributed by atoms with E-state index in [2.05, 4.69) is 0 Å². The summed E-state index contributed by atoms with van der Waals surface area (Å²) in [5.74, 6) is 0.773. The smallest absolute Gasteiger partial charge is 0.410 e. The highest BCUT2D eigenvalue weighted by atomic mass is 16.6. The van der Waals surface area contributed by atoms with E-state index in [-0.39, 0.29) is 23.8 Å². The van der Waals surface area contributed by atoms with E-state index >= 15 is 0 Å². The van der Waals surface area contributed by atoms with Crippen molar-refractivity contribution in [2.75, 3.05) is 13.2 Å². The van der Waals surface area contributed by atoms with Crippen molar-refractivity contribution in [2.45, 2.75) is 83.3 Å². The first-order valence-corrected chi connectivity index (χ1v) is 9.97. The minimum Gasteiger partial charge on any atom is -0.488 e. The van der Waals surface area contributed by atoms with Crippen molar-refractivity contribution in [3.8, 4) is 5.75 Å². The van der Waals surface area contributed by atoms with Crippen molar-refractivity contribution in [2.24, 2.45) is 0 Å². The fraction of sp³-hybridized carbons (Fsp3) is 0.682. The van der Waals surface area contributed by atoms with Crippen LogP contribution in [0.3, 0.4) is 0 Å². The van der Waals surface area contributed by atoms with Crippen molar-refractivity contribution >= 4 is 6.09 Å². The lowest BCUT2D eigenvalue weighted by Crippen LogP contribution is -2.63. The Balaban J connectivity index is 1.77. The van der Waals surface area contributed by atoms with Gasteiger partial charge in [-0.2, -0.15) is 0 Å². The van der Waals surface area contributed by atoms with Crippen LogP contribution >= 0.6 is 0 Å². The molecule has 1 aromatic rings. The van der Waals surface area contributed by atoms with Gasteiger partial charge in [-0.25, -0.2) is 4.79 Å². The number of piperidine rings is 1. The minimum absolute atomic E-state index is 0.210. The van der Waals surface area contributed by atoms with E-state index in [1.165, 1.54) is 0 Å². The van der Waals surface area contributed by atoms with Crippen LogP contribution in [-0.2, 0) is 15.1 Å². The summed E-state index contributed by atoms with van der Waals surface area (Å²) in [6, 6.07) is 7.20. The number of carbonyl (C=O) groups excluding carboxylic acids is 1. The van der Waals surface area contributed by atoms with Crippen LogP contribution in [-0.4, -0.2) is 52.6 Å². The summed E-state index contributed by atoms with van der Waals surface area (Å²) in [5.41, 5.74) is -0.985. The largest absolute Gasteiger partial charge is 0.488 e. The van der Waals surface area contributed by atoms with E-state index in [0.29, 0.717) is 26.1 Å². The Hall–Kier alpha value is -1.79. The molecule has 1 N–H and O–H groups in total. The number of hydrogen-bond acceptors (Lipinski definition) is 5. The van der Waals surface area contributed by atoms with Gasteiger partial charge in [-0.3, -0.25) is 4.90 Å². The highest BCUT2D eigenvalue weighted by Crippen LogP contribution is 2.42. The number of nitrogens with zero attached hydrogens (tertiary/aromatic N) is 1. The molecule has 2 aliphatic heterocycles. The third-order valence-corrected chi connectivity index (χ3v) is 4.97. The molecule has 0 aliphatic carbocycles. The number of benzene rings is 1. The fourth-order valence-corrected chi connectivity index (χ4v) is 4.01. The molecule has 2 saturated heterocycles. The molecular formula is C22H33NO5. The lowest BCUT2D eigenvalue weighted by atomic mass is 9.77. The van der Waals surface area contributed by atoms with E-state index in [9.17, 15) is 9.90 Å². The second-order valence-corrected chi connectivity index (χ2v) is 9.91. The van der Waals surface area contributed by atoms with Crippen LogP contribution in [0.4, 0.5) is 4.79 Å². The number of fused-ring (bicyclic) bond motifs is 2. The van der Waals surface area contributed by atoms with Gasteiger partial charge >= 0.3 is 6.09 Å². The zero-order valence-electron chi connectivity index (χ0n) is 17.8. The molecule has 2 bridgehead atoms. The van der Waals surface area contributed by atoms with Gasteiger partial charge in [0, 0.05) is 12.8 Å². The van der Waals surface area contributed by atoms with Gasteiger partial charge in [-0.05, 0) is 59.2 Å². The molecule has 2 fully saturated rings. The summed E-state index contributed by atoms with van der Waals surface area (Å²) in [5, 5.41) is 11.4. The van der Waals surface area contributed by atoms with Gasteiger partial charge < -0.3 is 19.3 Å². The molecule has 1 aromatic carbocycles. The third-order valence-electron chi connectivity index (χ3n) is 4.97. The van der Waals surface area contributed by atoms with Crippen molar-refractivity contribution in [1.82, 2.24) is 4.90 Å². The normalized spacial score (nSPS) is 28.0. The van der Waals surface area contributed by atoms with Gasteiger partial charge in [-0.15, -0.1) is 0 Å². The zero-order valence-corrected chi connectivity index (χ0v) is 17.8. The van der Waals surface area contributed by atoms with Crippen LogP contribution in [0.1, 0.15) is 59.9 Å². The molecule has 2 aliphatic rings. The minimum atomic E-state index is -1.00. The third kappa shape index (κ3) is 4.78. The zero-order chi connectivity index (χ0) is 20.7. The number of aliphatic hydroxyl groups is 1. The van der Waals surface area contributed by atoms with Crippen LogP contribution in [0.15, 0.2) is 24.3 Å². The molecule has 1 amide bonds. The van der Waals surface area contributed by atoms with E-state index < -0.39 is 11.2 Å². The average molecular weight is 392 g/mol. The topological polar surface area (TPSA) is 68.2 Å². The van der Waals surface area contributed by atoms with Gasteiger partial charge in [0.1, 0.15) is 17.0 Å². The Morgan fingerprint density at radius 3 is 2.04 bits per heavy atom. The van der Waals surface area contributed by atoms with Crippen LogP contribution in [0.25, 0.3) is 0 Å². The SMILES string of the molecule is CC(C)(C)OC(=O)N1C2COCC1CC(O)(c1ccc(OC(C)(C)C)cc1)C2.